The third-order valence-corrected chi connectivity index (χ3v) is 4.64. The highest BCUT2D eigenvalue weighted by atomic mass is 35.5. The predicted octanol–water partition coefficient (Wildman–Crippen LogP) is 3.24. The van der Waals surface area contributed by atoms with Crippen LogP contribution in [-0.2, 0) is 11.2 Å². The average molecular weight is 323 g/mol. The number of hydrogen-bond donors (Lipinski definition) is 2. The lowest BCUT2D eigenvalue weighted by Crippen LogP contribution is -2.23. The van der Waals surface area contributed by atoms with E-state index in [1.54, 1.807) is 30.5 Å². The van der Waals surface area contributed by atoms with Crippen LogP contribution in [0.15, 0.2) is 29.6 Å². The number of halogens is 1. The minimum atomic E-state index is -0.349. The monoisotopic (exact) mass is 322 g/mol. The van der Waals surface area contributed by atoms with E-state index in [1.165, 1.54) is 4.88 Å². The van der Waals surface area contributed by atoms with E-state index in [4.69, 9.17) is 16.3 Å². The second kappa shape index (κ2) is 6.05. The third-order valence-electron chi connectivity index (χ3n) is 3.41. The number of fused-ring (bicyclic) bond motifs is 1. The Morgan fingerprint density at radius 1 is 1.48 bits per heavy atom. The zero-order valence-electron chi connectivity index (χ0n) is 11.5. The molecule has 3 rings (SSSR count). The summed E-state index contributed by atoms with van der Waals surface area (Å²) in [5.41, 5.74) is 1.62. The predicted molar refractivity (Wildman–Crippen MR) is 85.4 cm³/mol. The van der Waals surface area contributed by atoms with Gasteiger partial charge in [0.05, 0.1) is 11.6 Å². The molecular weight excluding hydrogens is 308 g/mol. The van der Waals surface area contributed by atoms with Crippen molar-refractivity contribution in [3.8, 4) is 5.75 Å². The molecule has 0 radical (unpaired) electrons. The average Bonchev–Trinajstić information content (AvgIpc) is 3.06. The van der Waals surface area contributed by atoms with Gasteiger partial charge in [0.1, 0.15) is 11.8 Å². The molecule has 0 bridgehead atoms. The van der Waals surface area contributed by atoms with Gasteiger partial charge in [-0.1, -0.05) is 17.7 Å². The van der Waals surface area contributed by atoms with Gasteiger partial charge in [-0.05, 0) is 24.6 Å². The molecule has 0 aliphatic carbocycles. The highest BCUT2D eigenvalue weighted by Crippen LogP contribution is 2.38. The number of rotatable bonds is 5. The lowest BCUT2D eigenvalue weighted by Gasteiger charge is -2.11. The molecule has 2 N–H and O–H groups in total. The smallest absolute Gasteiger partial charge is 0.246 e. The molecule has 6 heteroatoms. The summed E-state index contributed by atoms with van der Waals surface area (Å²) >= 11 is 7.96. The largest absolute Gasteiger partial charge is 0.492 e. The first-order chi connectivity index (χ1) is 10.2. The van der Waals surface area contributed by atoms with Crippen molar-refractivity contribution in [1.82, 2.24) is 5.32 Å². The van der Waals surface area contributed by atoms with Crippen LogP contribution < -0.4 is 15.4 Å². The normalized spacial score (nSPS) is 16.7. The highest BCUT2D eigenvalue weighted by molar-refractivity contribution is 7.09. The zero-order valence-corrected chi connectivity index (χ0v) is 13.1. The third kappa shape index (κ3) is 2.90. The summed E-state index contributed by atoms with van der Waals surface area (Å²) < 4.78 is 5.74. The molecule has 2 heterocycles. The minimum Gasteiger partial charge on any atom is -0.492 e. The van der Waals surface area contributed by atoms with Gasteiger partial charge in [0, 0.05) is 28.6 Å². The van der Waals surface area contributed by atoms with Crippen LogP contribution in [0.25, 0.3) is 0 Å². The van der Waals surface area contributed by atoms with Gasteiger partial charge in [0.25, 0.3) is 0 Å². The number of hydrogen-bond acceptors (Lipinski definition) is 4. The van der Waals surface area contributed by atoms with Crippen LogP contribution in [0.3, 0.4) is 0 Å². The maximum Gasteiger partial charge on any atom is 0.246 e. The molecule has 1 aromatic carbocycles. The molecule has 110 valence electrons. The van der Waals surface area contributed by atoms with E-state index in [2.05, 4.69) is 16.7 Å². The van der Waals surface area contributed by atoms with Crippen molar-refractivity contribution in [2.24, 2.45) is 0 Å². The Morgan fingerprint density at radius 2 is 2.33 bits per heavy atom. The molecule has 0 saturated carbocycles. The molecule has 1 aliphatic rings. The summed E-state index contributed by atoms with van der Waals surface area (Å²) in [4.78, 5) is 13.1. The number of carbonyl (C=O) groups excluding carboxylic acids is 1. The van der Waals surface area contributed by atoms with Gasteiger partial charge in [0.2, 0.25) is 5.91 Å². The Balaban J connectivity index is 1.72. The van der Waals surface area contributed by atoms with E-state index in [-0.39, 0.29) is 11.9 Å². The first-order valence-corrected chi connectivity index (χ1v) is 7.91. The van der Waals surface area contributed by atoms with Gasteiger partial charge in [-0.3, -0.25) is 4.79 Å². The number of amides is 1. The fraction of sp³-hybridized carbons (Fsp3) is 0.267. The van der Waals surface area contributed by atoms with Crippen LogP contribution in [0.5, 0.6) is 5.75 Å². The van der Waals surface area contributed by atoms with Crippen molar-refractivity contribution >= 4 is 34.5 Å². The Kier molecular flexibility index (Phi) is 4.14. The number of anilines is 1. The van der Waals surface area contributed by atoms with Crippen LogP contribution in [0, 0.1) is 0 Å². The minimum absolute atomic E-state index is 0.0701. The summed E-state index contributed by atoms with van der Waals surface area (Å²) in [6.07, 6.45) is 0.844. The number of likely N-dealkylation sites (N-methyl/N-ethyl adjacent to an activating group) is 1. The van der Waals surface area contributed by atoms with Gasteiger partial charge in [-0.2, -0.15) is 0 Å². The van der Waals surface area contributed by atoms with E-state index >= 15 is 0 Å². The van der Waals surface area contributed by atoms with Gasteiger partial charge >= 0.3 is 0 Å². The summed E-state index contributed by atoms with van der Waals surface area (Å²) in [5, 5.41) is 8.37. The van der Waals surface area contributed by atoms with Crippen molar-refractivity contribution in [3.05, 3.63) is 45.1 Å². The molecule has 2 aromatic rings. The Morgan fingerprint density at radius 3 is 3.05 bits per heavy atom. The summed E-state index contributed by atoms with van der Waals surface area (Å²) in [6.45, 7) is 0.558. The Bertz CT molecular complexity index is 658. The van der Waals surface area contributed by atoms with E-state index in [0.717, 1.165) is 17.7 Å². The van der Waals surface area contributed by atoms with E-state index in [0.29, 0.717) is 17.4 Å². The molecular formula is C15H15ClN2O2S. The number of ether oxygens (including phenoxy) is 1. The zero-order chi connectivity index (χ0) is 14.8. The molecule has 1 unspecified atom stereocenters. The van der Waals surface area contributed by atoms with Crippen molar-refractivity contribution in [1.29, 1.82) is 0 Å². The molecule has 1 aromatic heterocycles. The molecule has 0 fully saturated rings. The fourth-order valence-corrected chi connectivity index (χ4v) is 3.29. The van der Waals surface area contributed by atoms with Crippen molar-refractivity contribution < 1.29 is 9.53 Å². The van der Waals surface area contributed by atoms with E-state index in [9.17, 15) is 4.79 Å². The van der Waals surface area contributed by atoms with Crippen LogP contribution >= 0.6 is 22.9 Å². The number of benzene rings is 1. The first-order valence-electron chi connectivity index (χ1n) is 6.66. The molecule has 1 aliphatic heterocycles. The highest BCUT2D eigenvalue weighted by Gasteiger charge is 2.30. The van der Waals surface area contributed by atoms with Crippen LogP contribution in [0.2, 0.25) is 5.02 Å². The van der Waals surface area contributed by atoms with Crippen molar-refractivity contribution in [2.45, 2.75) is 12.5 Å². The first kappa shape index (κ1) is 14.4. The second-order valence-electron chi connectivity index (χ2n) is 4.76. The van der Waals surface area contributed by atoms with Crippen LogP contribution in [-0.4, -0.2) is 19.6 Å². The van der Waals surface area contributed by atoms with Gasteiger partial charge in [-0.15, -0.1) is 11.3 Å². The lowest BCUT2D eigenvalue weighted by atomic mass is 10.1. The van der Waals surface area contributed by atoms with Crippen molar-refractivity contribution in [3.63, 3.8) is 0 Å². The van der Waals surface area contributed by atoms with Gasteiger partial charge in [0.15, 0.2) is 0 Å². The molecule has 4 nitrogen and oxygen atoms in total. The topological polar surface area (TPSA) is 50.4 Å². The van der Waals surface area contributed by atoms with Crippen LogP contribution in [0.4, 0.5) is 5.69 Å². The Labute approximate surface area is 132 Å². The fourth-order valence-electron chi connectivity index (χ4n) is 2.38. The standard InChI is InChI=1S/C15H15ClN2O2S/c1-17-14-10-7-11(16)13(8-12(10)18-15(14)19)20-5-4-9-3-2-6-21-9/h2-3,6-8,14,17H,4-5H2,1H3,(H,18,19). The summed E-state index contributed by atoms with van der Waals surface area (Å²) in [5.74, 6) is 0.531. The Hall–Kier alpha value is -1.56. The quantitative estimate of drug-likeness (QED) is 0.888. The van der Waals surface area contributed by atoms with E-state index in [1.807, 2.05) is 11.4 Å². The van der Waals surface area contributed by atoms with Gasteiger partial charge in [-0.25, -0.2) is 0 Å². The molecule has 1 amide bonds. The second-order valence-corrected chi connectivity index (χ2v) is 6.20. The lowest BCUT2D eigenvalue weighted by molar-refractivity contribution is -0.117. The summed E-state index contributed by atoms with van der Waals surface area (Å²) in [7, 11) is 1.75. The number of carbonyl (C=O) groups is 1. The molecule has 0 spiro atoms. The van der Waals surface area contributed by atoms with Crippen molar-refractivity contribution in [2.75, 3.05) is 19.0 Å². The maximum absolute atomic E-state index is 11.8. The molecule has 0 saturated heterocycles. The van der Waals surface area contributed by atoms with E-state index < -0.39 is 0 Å². The number of nitrogens with one attached hydrogen (secondary N) is 2. The molecule has 1 atom stereocenters. The number of thiophene rings is 1. The maximum atomic E-state index is 11.8. The van der Waals surface area contributed by atoms with Crippen LogP contribution in [0.1, 0.15) is 16.5 Å². The SMILES string of the molecule is CNC1C(=O)Nc2cc(OCCc3cccs3)c(Cl)cc21. The molecule has 21 heavy (non-hydrogen) atoms. The van der Waals surface area contributed by atoms with Gasteiger partial charge < -0.3 is 15.4 Å². The summed E-state index contributed by atoms with van der Waals surface area (Å²) in [6, 6.07) is 7.33.